The van der Waals surface area contributed by atoms with Crippen LogP contribution in [-0.4, -0.2) is 0 Å². The Kier molecular flexibility index (Phi) is 3.26. The predicted octanol–water partition coefficient (Wildman–Crippen LogP) is 5.30. The molecule has 2 aromatic rings. The second-order valence-electron chi connectivity index (χ2n) is 5.31. The van der Waals surface area contributed by atoms with E-state index in [9.17, 15) is 0 Å². The van der Waals surface area contributed by atoms with E-state index in [2.05, 4.69) is 51.1 Å². The number of rotatable bonds is 1. The quantitative estimate of drug-likeness (QED) is 0.638. The van der Waals surface area contributed by atoms with E-state index < -0.39 is 0 Å². The molecule has 1 heteroatoms. The van der Waals surface area contributed by atoms with Crippen LogP contribution in [0, 0.1) is 0 Å². The van der Waals surface area contributed by atoms with Crippen LogP contribution in [-0.2, 0) is 5.41 Å². The average Bonchev–Trinajstić information content (AvgIpc) is 2.28. The Morgan fingerprint density at radius 1 is 0.824 bits per heavy atom. The molecule has 0 radical (unpaired) electrons. The van der Waals surface area contributed by atoms with Crippen LogP contribution in [0.15, 0.2) is 48.5 Å². The van der Waals surface area contributed by atoms with Crippen molar-refractivity contribution in [2.24, 2.45) is 0 Å². The van der Waals surface area contributed by atoms with Gasteiger partial charge in [0.25, 0.3) is 0 Å². The second kappa shape index (κ2) is 4.54. The monoisotopic (exact) mass is 244 g/mol. The van der Waals surface area contributed by atoms with E-state index in [0.29, 0.717) is 0 Å². The Hall–Kier alpha value is -1.27. The van der Waals surface area contributed by atoms with Gasteiger partial charge in [-0.05, 0) is 28.2 Å². The minimum Gasteiger partial charge on any atom is -0.0840 e. The molecular formula is C16H17Cl. The van der Waals surface area contributed by atoms with Crippen LogP contribution in [0.1, 0.15) is 26.3 Å². The lowest BCUT2D eigenvalue weighted by Gasteiger charge is -2.21. The van der Waals surface area contributed by atoms with E-state index >= 15 is 0 Å². The summed E-state index contributed by atoms with van der Waals surface area (Å²) in [6.45, 7) is 6.53. The summed E-state index contributed by atoms with van der Waals surface area (Å²) in [5, 5.41) is 0.846. The maximum absolute atomic E-state index is 6.36. The fraction of sp³-hybridized carbons (Fsp3) is 0.250. The first-order valence-electron chi connectivity index (χ1n) is 5.84. The molecule has 0 aliphatic carbocycles. The lowest BCUT2D eigenvalue weighted by atomic mass is 9.86. The van der Waals surface area contributed by atoms with Gasteiger partial charge in [-0.3, -0.25) is 0 Å². The molecule has 0 saturated heterocycles. The van der Waals surface area contributed by atoms with Gasteiger partial charge in [0.15, 0.2) is 0 Å². The molecule has 0 nitrogen and oxygen atoms in total. The van der Waals surface area contributed by atoms with Crippen molar-refractivity contribution in [3.63, 3.8) is 0 Å². The molecule has 88 valence electrons. The standard InChI is InChI=1S/C16H17Cl/c1-16(2,3)14-10-9-13(11-15(14)17)12-7-5-4-6-8-12/h4-11H,1-3H3. The Morgan fingerprint density at radius 2 is 1.47 bits per heavy atom. The molecule has 0 spiro atoms. The number of halogens is 1. The third-order valence-corrected chi connectivity index (χ3v) is 3.20. The van der Waals surface area contributed by atoms with E-state index in [1.807, 2.05) is 18.2 Å². The normalized spacial score (nSPS) is 11.5. The summed E-state index contributed by atoms with van der Waals surface area (Å²) >= 11 is 6.36. The van der Waals surface area contributed by atoms with Gasteiger partial charge in [0.1, 0.15) is 0 Å². The van der Waals surface area contributed by atoms with Crippen LogP contribution in [0.3, 0.4) is 0 Å². The summed E-state index contributed by atoms with van der Waals surface area (Å²) in [5.41, 5.74) is 3.66. The van der Waals surface area contributed by atoms with Gasteiger partial charge in [-0.15, -0.1) is 0 Å². The Bertz CT molecular complexity index is 507. The number of hydrogen-bond donors (Lipinski definition) is 0. The van der Waals surface area contributed by atoms with Crippen molar-refractivity contribution in [1.82, 2.24) is 0 Å². The van der Waals surface area contributed by atoms with Crippen LogP contribution >= 0.6 is 11.6 Å². The summed E-state index contributed by atoms with van der Waals surface area (Å²) in [6, 6.07) is 16.6. The fourth-order valence-corrected chi connectivity index (χ4v) is 2.40. The van der Waals surface area contributed by atoms with Crippen molar-refractivity contribution in [3.05, 3.63) is 59.1 Å². The largest absolute Gasteiger partial charge is 0.0840 e. The molecule has 2 rings (SSSR count). The zero-order valence-corrected chi connectivity index (χ0v) is 11.3. The summed E-state index contributed by atoms with van der Waals surface area (Å²) in [7, 11) is 0. The van der Waals surface area contributed by atoms with E-state index in [-0.39, 0.29) is 5.41 Å². The number of benzene rings is 2. The second-order valence-corrected chi connectivity index (χ2v) is 5.72. The fourth-order valence-electron chi connectivity index (χ4n) is 1.93. The highest BCUT2D eigenvalue weighted by Crippen LogP contribution is 2.32. The van der Waals surface area contributed by atoms with Crippen molar-refractivity contribution < 1.29 is 0 Å². The molecule has 0 saturated carbocycles. The van der Waals surface area contributed by atoms with Gasteiger partial charge >= 0.3 is 0 Å². The molecule has 0 unspecified atom stereocenters. The maximum atomic E-state index is 6.36. The number of hydrogen-bond acceptors (Lipinski definition) is 0. The SMILES string of the molecule is CC(C)(C)c1ccc(-c2ccccc2)cc1Cl. The van der Waals surface area contributed by atoms with Crippen molar-refractivity contribution in [2.75, 3.05) is 0 Å². The molecular weight excluding hydrogens is 228 g/mol. The third kappa shape index (κ3) is 2.70. The maximum Gasteiger partial charge on any atom is 0.0449 e. The van der Waals surface area contributed by atoms with Crippen LogP contribution in [0.25, 0.3) is 11.1 Å². The van der Waals surface area contributed by atoms with Gasteiger partial charge in [0.2, 0.25) is 0 Å². The first-order valence-corrected chi connectivity index (χ1v) is 6.22. The minimum absolute atomic E-state index is 0.0896. The topological polar surface area (TPSA) is 0 Å². The van der Waals surface area contributed by atoms with Crippen molar-refractivity contribution in [2.45, 2.75) is 26.2 Å². The third-order valence-electron chi connectivity index (χ3n) is 2.88. The zero-order valence-electron chi connectivity index (χ0n) is 10.5. The van der Waals surface area contributed by atoms with Gasteiger partial charge in [-0.2, -0.15) is 0 Å². The molecule has 0 N–H and O–H groups in total. The first kappa shape index (κ1) is 12.2. The van der Waals surface area contributed by atoms with Crippen LogP contribution < -0.4 is 0 Å². The molecule has 0 bridgehead atoms. The lowest BCUT2D eigenvalue weighted by molar-refractivity contribution is 0.590. The summed E-state index contributed by atoms with van der Waals surface area (Å²) in [5.74, 6) is 0. The van der Waals surface area contributed by atoms with Crippen LogP contribution in [0.2, 0.25) is 5.02 Å². The van der Waals surface area contributed by atoms with Gasteiger partial charge < -0.3 is 0 Å². The van der Waals surface area contributed by atoms with E-state index in [4.69, 9.17) is 11.6 Å². The molecule has 0 heterocycles. The molecule has 0 atom stereocenters. The van der Waals surface area contributed by atoms with Crippen molar-refractivity contribution >= 4 is 11.6 Å². The van der Waals surface area contributed by atoms with Crippen LogP contribution in [0.4, 0.5) is 0 Å². The summed E-state index contributed by atoms with van der Waals surface area (Å²) in [4.78, 5) is 0. The molecule has 2 aromatic carbocycles. The predicted molar refractivity (Wildman–Crippen MR) is 75.6 cm³/mol. The van der Waals surface area contributed by atoms with Gasteiger partial charge in [-0.1, -0.05) is 74.8 Å². The average molecular weight is 245 g/mol. The minimum atomic E-state index is 0.0896. The lowest BCUT2D eigenvalue weighted by Crippen LogP contribution is -2.11. The molecule has 0 amide bonds. The molecule has 0 aromatic heterocycles. The smallest absolute Gasteiger partial charge is 0.0449 e. The molecule has 0 aliphatic heterocycles. The van der Waals surface area contributed by atoms with E-state index in [1.54, 1.807) is 0 Å². The molecule has 0 aliphatic rings. The Morgan fingerprint density at radius 3 is 2.00 bits per heavy atom. The van der Waals surface area contributed by atoms with E-state index in [0.717, 1.165) is 5.02 Å². The Balaban J connectivity index is 2.45. The highest BCUT2D eigenvalue weighted by atomic mass is 35.5. The van der Waals surface area contributed by atoms with Crippen molar-refractivity contribution in [3.8, 4) is 11.1 Å². The van der Waals surface area contributed by atoms with Crippen molar-refractivity contribution in [1.29, 1.82) is 0 Å². The highest BCUT2D eigenvalue weighted by molar-refractivity contribution is 6.31. The van der Waals surface area contributed by atoms with Gasteiger partial charge in [-0.25, -0.2) is 0 Å². The summed E-state index contributed by atoms with van der Waals surface area (Å²) < 4.78 is 0. The Labute approximate surface area is 108 Å². The molecule has 17 heavy (non-hydrogen) atoms. The van der Waals surface area contributed by atoms with Crippen LogP contribution in [0.5, 0.6) is 0 Å². The highest BCUT2D eigenvalue weighted by Gasteiger charge is 2.17. The first-order chi connectivity index (χ1) is 7.98. The van der Waals surface area contributed by atoms with Gasteiger partial charge in [0.05, 0.1) is 0 Å². The zero-order chi connectivity index (χ0) is 12.5. The summed E-state index contributed by atoms with van der Waals surface area (Å²) in [6.07, 6.45) is 0. The molecule has 0 fully saturated rings. The van der Waals surface area contributed by atoms with E-state index in [1.165, 1.54) is 16.7 Å². The van der Waals surface area contributed by atoms with Gasteiger partial charge in [0, 0.05) is 5.02 Å².